The van der Waals surface area contributed by atoms with Gasteiger partial charge < -0.3 is 9.88 Å². The highest BCUT2D eigenvalue weighted by molar-refractivity contribution is 7.99. The second-order valence-corrected chi connectivity index (χ2v) is 5.93. The third kappa shape index (κ3) is 3.12. The first kappa shape index (κ1) is 14.4. The minimum atomic E-state index is 0.0839. The van der Waals surface area contributed by atoms with Crippen molar-refractivity contribution in [2.45, 2.75) is 24.6 Å². The Labute approximate surface area is 118 Å². The van der Waals surface area contributed by atoms with Gasteiger partial charge in [0.25, 0.3) is 0 Å². The predicted molar refractivity (Wildman–Crippen MR) is 78.1 cm³/mol. The summed E-state index contributed by atoms with van der Waals surface area (Å²) in [6.45, 7) is 4.49. The van der Waals surface area contributed by atoms with E-state index >= 15 is 0 Å². The molecule has 1 fully saturated rings. The van der Waals surface area contributed by atoms with Crippen LogP contribution in [0.15, 0.2) is 12.4 Å². The highest BCUT2D eigenvalue weighted by Gasteiger charge is 2.32. The lowest BCUT2D eigenvalue weighted by Crippen LogP contribution is -2.51. The Morgan fingerprint density at radius 1 is 1.63 bits per heavy atom. The fourth-order valence-corrected chi connectivity index (χ4v) is 3.16. The van der Waals surface area contributed by atoms with Gasteiger partial charge in [0.15, 0.2) is 0 Å². The minimum absolute atomic E-state index is 0.0839. The van der Waals surface area contributed by atoms with E-state index in [-0.39, 0.29) is 17.2 Å². The number of carbonyl (C=O) groups is 1. The van der Waals surface area contributed by atoms with Gasteiger partial charge in [0, 0.05) is 32.0 Å². The van der Waals surface area contributed by atoms with Crippen molar-refractivity contribution in [2.24, 2.45) is 0 Å². The average Bonchev–Trinajstić information content (AvgIpc) is 2.94. The maximum atomic E-state index is 12.4. The second kappa shape index (κ2) is 6.43. The van der Waals surface area contributed by atoms with Crippen molar-refractivity contribution in [3.8, 4) is 0 Å². The molecule has 19 heavy (non-hydrogen) atoms. The summed E-state index contributed by atoms with van der Waals surface area (Å²) in [7, 11) is 2.08. The number of piperazine rings is 1. The number of aromatic nitrogens is 2. The van der Waals surface area contributed by atoms with E-state index in [4.69, 9.17) is 0 Å². The topological polar surface area (TPSA) is 52.2 Å². The monoisotopic (exact) mass is 282 g/mol. The lowest BCUT2D eigenvalue weighted by molar-refractivity contribution is -0.133. The maximum Gasteiger partial charge on any atom is 0.235 e. The molecule has 2 rings (SSSR count). The number of imidazole rings is 1. The number of thioether (sulfide) groups is 1. The molecular formula is C13H22N4OS. The number of carbonyl (C=O) groups excluding carboxylic acids is 1. The molecule has 1 aliphatic rings. The lowest BCUT2D eigenvalue weighted by Gasteiger charge is -2.39. The number of hydrogen-bond donors (Lipinski definition) is 1. The number of nitrogens with one attached hydrogen (secondary N) is 1. The summed E-state index contributed by atoms with van der Waals surface area (Å²) in [6, 6.07) is 0.173. The van der Waals surface area contributed by atoms with Gasteiger partial charge in [-0.3, -0.25) is 9.69 Å². The SMILES string of the molecule is CC[C@@H](SC)C(=O)N1CCN(C)[C@H](c2ncc[nH]2)C1. The van der Waals surface area contributed by atoms with Crippen LogP contribution < -0.4 is 0 Å². The number of H-pyrrole nitrogens is 1. The molecule has 0 radical (unpaired) electrons. The summed E-state index contributed by atoms with van der Waals surface area (Å²) in [5, 5.41) is 0.0839. The van der Waals surface area contributed by atoms with Crippen LogP contribution in [0.3, 0.4) is 0 Å². The van der Waals surface area contributed by atoms with Gasteiger partial charge in [0.1, 0.15) is 5.82 Å². The molecule has 0 unspecified atom stereocenters. The van der Waals surface area contributed by atoms with Crippen LogP contribution in [0.5, 0.6) is 0 Å². The Morgan fingerprint density at radius 2 is 2.42 bits per heavy atom. The second-order valence-electron chi connectivity index (χ2n) is 4.89. The van der Waals surface area contributed by atoms with Gasteiger partial charge in [-0.1, -0.05) is 6.92 Å². The molecule has 2 atom stereocenters. The molecule has 1 aliphatic heterocycles. The van der Waals surface area contributed by atoms with Gasteiger partial charge in [-0.15, -0.1) is 0 Å². The molecule has 2 heterocycles. The van der Waals surface area contributed by atoms with Gasteiger partial charge in [-0.2, -0.15) is 11.8 Å². The van der Waals surface area contributed by atoms with Gasteiger partial charge in [-0.25, -0.2) is 4.98 Å². The number of nitrogens with zero attached hydrogens (tertiary/aromatic N) is 3. The van der Waals surface area contributed by atoms with E-state index in [2.05, 4.69) is 28.8 Å². The van der Waals surface area contributed by atoms with E-state index in [1.54, 1.807) is 18.0 Å². The molecule has 106 valence electrons. The standard InChI is InChI=1S/C13H22N4OS/c1-4-11(19-3)13(18)17-8-7-16(2)10(9-17)12-14-5-6-15-12/h5-6,10-11H,4,7-9H2,1-3H3,(H,14,15)/t10-,11+/m0/s1. The zero-order valence-electron chi connectivity index (χ0n) is 11.8. The first-order valence-electron chi connectivity index (χ1n) is 6.68. The van der Waals surface area contributed by atoms with Gasteiger partial charge in [0.2, 0.25) is 5.91 Å². The van der Waals surface area contributed by atoms with Crippen molar-refractivity contribution in [1.29, 1.82) is 0 Å². The van der Waals surface area contributed by atoms with Crippen LogP contribution in [0.25, 0.3) is 0 Å². The van der Waals surface area contributed by atoms with E-state index in [0.29, 0.717) is 0 Å². The molecule has 1 N–H and O–H groups in total. The van der Waals surface area contributed by atoms with Crippen LogP contribution in [0.4, 0.5) is 0 Å². The number of likely N-dealkylation sites (N-methyl/N-ethyl adjacent to an activating group) is 1. The molecule has 0 spiro atoms. The smallest absolute Gasteiger partial charge is 0.235 e. The highest BCUT2D eigenvalue weighted by Crippen LogP contribution is 2.23. The number of aromatic amines is 1. The zero-order chi connectivity index (χ0) is 13.8. The summed E-state index contributed by atoms with van der Waals surface area (Å²) in [5.74, 6) is 1.21. The van der Waals surface area contributed by atoms with Crippen LogP contribution in [0.1, 0.15) is 25.2 Å². The van der Waals surface area contributed by atoms with Crippen molar-refractivity contribution in [2.75, 3.05) is 32.9 Å². The molecule has 1 saturated heterocycles. The molecule has 0 aliphatic carbocycles. The van der Waals surface area contributed by atoms with Crippen LogP contribution in [0, 0.1) is 0 Å². The third-order valence-electron chi connectivity index (χ3n) is 3.73. The third-order valence-corrected chi connectivity index (χ3v) is 4.83. The van der Waals surface area contributed by atoms with Crippen LogP contribution in [0.2, 0.25) is 0 Å². The normalized spacial score (nSPS) is 22.5. The Balaban J connectivity index is 2.07. The maximum absolute atomic E-state index is 12.4. The van der Waals surface area contributed by atoms with Crippen molar-refractivity contribution >= 4 is 17.7 Å². The van der Waals surface area contributed by atoms with Crippen LogP contribution >= 0.6 is 11.8 Å². The summed E-state index contributed by atoms with van der Waals surface area (Å²) in [4.78, 5) is 24.2. The predicted octanol–water partition coefficient (Wildman–Crippen LogP) is 1.37. The molecule has 6 heteroatoms. The molecular weight excluding hydrogens is 260 g/mol. The minimum Gasteiger partial charge on any atom is -0.347 e. The van der Waals surface area contributed by atoms with E-state index in [0.717, 1.165) is 31.9 Å². The molecule has 1 aromatic heterocycles. The summed E-state index contributed by atoms with van der Waals surface area (Å²) in [5.41, 5.74) is 0. The van der Waals surface area contributed by atoms with E-state index < -0.39 is 0 Å². The highest BCUT2D eigenvalue weighted by atomic mass is 32.2. The largest absolute Gasteiger partial charge is 0.347 e. The van der Waals surface area contributed by atoms with Crippen molar-refractivity contribution in [3.63, 3.8) is 0 Å². The first-order valence-corrected chi connectivity index (χ1v) is 7.97. The van der Waals surface area contributed by atoms with Crippen molar-refractivity contribution < 1.29 is 4.79 Å². The van der Waals surface area contributed by atoms with Crippen LogP contribution in [-0.4, -0.2) is 63.9 Å². The number of amides is 1. The molecule has 0 saturated carbocycles. The van der Waals surface area contributed by atoms with E-state index in [1.165, 1.54) is 0 Å². The van der Waals surface area contributed by atoms with Crippen molar-refractivity contribution in [1.82, 2.24) is 19.8 Å². The summed E-state index contributed by atoms with van der Waals surface area (Å²) >= 11 is 1.64. The lowest BCUT2D eigenvalue weighted by atomic mass is 10.1. The van der Waals surface area contributed by atoms with Crippen LogP contribution in [-0.2, 0) is 4.79 Å². The molecule has 1 aromatic rings. The molecule has 5 nitrogen and oxygen atoms in total. The fourth-order valence-electron chi connectivity index (χ4n) is 2.47. The van der Waals surface area contributed by atoms with Crippen molar-refractivity contribution in [3.05, 3.63) is 18.2 Å². The van der Waals surface area contributed by atoms with Gasteiger partial charge in [-0.05, 0) is 19.7 Å². The number of rotatable bonds is 4. The molecule has 0 aromatic carbocycles. The fraction of sp³-hybridized carbons (Fsp3) is 0.692. The summed E-state index contributed by atoms with van der Waals surface area (Å²) < 4.78 is 0. The Hall–Kier alpha value is -1.01. The quantitative estimate of drug-likeness (QED) is 0.906. The molecule has 1 amide bonds. The first-order chi connectivity index (χ1) is 9.17. The van der Waals surface area contributed by atoms with Gasteiger partial charge >= 0.3 is 0 Å². The summed E-state index contributed by atoms with van der Waals surface area (Å²) in [6.07, 6.45) is 6.49. The van der Waals surface area contributed by atoms with Gasteiger partial charge in [0.05, 0.1) is 11.3 Å². The Morgan fingerprint density at radius 3 is 3.00 bits per heavy atom. The zero-order valence-corrected chi connectivity index (χ0v) is 12.6. The average molecular weight is 282 g/mol. The number of hydrogen-bond acceptors (Lipinski definition) is 4. The Bertz CT molecular complexity index is 405. The van der Waals surface area contributed by atoms with E-state index in [1.807, 2.05) is 17.4 Å². The Kier molecular flexibility index (Phi) is 4.87. The van der Waals surface area contributed by atoms with E-state index in [9.17, 15) is 4.79 Å². The molecule has 0 bridgehead atoms.